The van der Waals surface area contributed by atoms with Crippen molar-refractivity contribution in [1.29, 1.82) is 0 Å². The number of benzene rings is 1. The highest BCUT2D eigenvalue weighted by atomic mass is 35.5. The molecule has 7 heteroatoms. The van der Waals surface area contributed by atoms with E-state index in [1.54, 1.807) is 19.2 Å². The molecule has 2 N–H and O–H groups in total. The van der Waals surface area contributed by atoms with Crippen LogP contribution < -0.4 is 5.73 Å². The Bertz CT molecular complexity index is 643. The van der Waals surface area contributed by atoms with Crippen LogP contribution >= 0.6 is 23.2 Å². The SMILES string of the molecule is COC1(c2noc(-c3cc(Cl)c(N)c(Cl)c3)n2)CCCC1. The van der Waals surface area contributed by atoms with Gasteiger partial charge in [-0.2, -0.15) is 4.98 Å². The van der Waals surface area contributed by atoms with E-state index in [1.165, 1.54) is 0 Å². The Hall–Kier alpha value is -1.30. The zero-order valence-electron chi connectivity index (χ0n) is 11.5. The Morgan fingerprint density at radius 2 is 1.86 bits per heavy atom. The number of nitrogens with zero attached hydrogens (tertiary/aromatic N) is 2. The van der Waals surface area contributed by atoms with Gasteiger partial charge >= 0.3 is 0 Å². The largest absolute Gasteiger partial charge is 0.396 e. The van der Waals surface area contributed by atoms with E-state index in [9.17, 15) is 0 Å². The fourth-order valence-corrected chi connectivity index (χ4v) is 3.19. The molecule has 0 saturated heterocycles. The van der Waals surface area contributed by atoms with Crippen LogP contribution in [0.4, 0.5) is 5.69 Å². The molecule has 1 aliphatic carbocycles. The van der Waals surface area contributed by atoms with E-state index < -0.39 is 5.60 Å². The van der Waals surface area contributed by atoms with Crippen LogP contribution in [0.5, 0.6) is 0 Å². The number of halogens is 2. The first kappa shape index (κ1) is 14.6. The third kappa shape index (κ3) is 2.50. The van der Waals surface area contributed by atoms with Gasteiger partial charge in [-0.1, -0.05) is 28.4 Å². The molecule has 1 aliphatic rings. The van der Waals surface area contributed by atoms with Crippen molar-refractivity contribution in [3.63, 3.8) is 0 Å². The topological polar surface area (TPSA) is 74.2 Å². The average Bonchev–Trinajstić information content (AvgIpc) is 3.13. The van der Waals surface area contributed by atoms with Gasteiger partial charge in [0, 0.05) is 12.7 Å². The van der Waals surface area contributed by atoms with Crippen LogP contribution in [0.15, 0.2) is 16.7 Å². The first-order valence-electron chi connectivity index (χ1n) is 6.70. The molecule has 1 aromatic carbocycles. The molecular formula is C14H15Cl2N3O2. The summed E-state index contributed by atoms with van der Waals surface area (Å²) in [6.45, 7) is 0. The van der Waals surface area contributed by atoms with Gasteiger partial charge in [-0.3, -0.25) is 0 Å². The molecule has 1 saturated carbocycles. The lowest BCUT2D eigenvalue weighted by Crippen LogP contribution is -2.25. The van der Waals surface area contributed by atoms with Gasteiger partial charge in [-0.05, 0) is 37.8 Å². The lowest BCUT2D eigenvalue weighted by Gasteiger charge is -2.22. The number of aromatic nitrogens is 2. The van der Waals surface area contributed by atoms with Crippen molar-refractivity contribution in [1.82, 2.24) is 10.1 Å². The molecule has 0 atom stereocenters. The second kappa shape index (κ2) is 5.48. The fraction of sp³-hybridized carbons (Fsp3) is 0.429. The summed E-state index contributed by atoms with van der Waals surface area (Å²) < 4.78 is 11.0. The Balaban J connectivity index is 1.99. The van der Waals surface area contributed by atoms with Gasteiger partial charge in [-0.15, -0.1) is 0 Å². The van der Waals surface area contributed by atoms with Gasteiger partial charge < -0.3 is 15.0 Å². The third-order valence-corrected chi connectivity index (χ3v) is 4.59. The first-order valence-corrected chi connectivity index (χ1v) is 7.45. The fourth-order valence-electron chi connectivity index (χ4n) is 2.70. The number of rotatable bonds is 3. The van der Waals surface area contributed by atoms with Gasteiger partial charge in [0.25, 0.3) is 5.89 Å². The summed E-state index contributed by atoms with van der Waals surface area (Å²) in [7, 11) is 1.68. The molecule has 0 spiro atoms. The number of nitrogen functional groups attached to an aromatic ring is 1. The van der Waals surface area contributed by atoms with Crippen molar-refractivity contribution in [3.05, 3.63) is 28.0 Å². The molecule has 0 bridgehead atoms. The van der Waals surface area contributed by atoms with Gasteiger partial charge in [-0.25, -0.2) is 0 Å². The summed E-state index contributed by atoms with van der Waals surface area (Å²) in [6, 6.07) is 3.32. The zero-order chi connectivity index (χ0) is 15.0. The summed E-state index contributed by atoms with van der Waals surface area (Å²) >= 11 is 12.1. The predicted octanol–water partition coefficient (Wildman–Crippen LogP) is 4.04. The summed E-state index contributed by atoms with van der Waals surface area (Å²) in [5, 5.41) is 4.79. The van der Waals surface area contributed by atoms with Crippen LogP contribution in [0.2, 0.25) is 10.0 Å². The van der Waals surface area contributed by atoms with Crippen LogP contribution in [0, 0.1) is 0 Å². The molecule has 2 aromatic rings. The van der Waals surface area contributed by atoms with Crippen molar-refractivity contribution in [2.75, 3.05) is 12.8 Å². The Morgan fingerprint density at radius 1 is 1.24 bits per heavy atom. The number of nitrogens with two attached hydrogens (primary N) is 1. The minimum absolute atomic E-state index is 0.339. The van der Waals surface area contributed by atoms with Gasteiger partial charge in [0.1, 0.15) is 5.60 Å². The smallest absolute Gasteiger partial charge is 0.258 e. The van der Waals surface area contributed by atoms with E-state index in [0.717, 1.165) is 25.7 Å². The number of ether oxygens (including phenoxy) is 1. The molecule has 0 amide bonds. The van der Waals surface area contributed by atoms with Gasteiger partial charge in [0.05, 0.1) is 15.7 Å². The second-order valence-electron chi connectivity index (χ2n) is 5.18. The Morgan fingerprint density at radius 3 is 2.43 bits per heavy atom. The molecule has 3 rings (SSSR count). The average molecular weight is 328 g/mol. The van der Waals surface area contributed by atoms with E-state index in [0.29, 0.717) is 33.0 Å². The molecule has 0 radical (unpaired) electrons. The lowest BCUT2D eigenvalue weighted by atomic mass is 10.0. The summed E-state index contributed by atoms with van der Waals surface area (Å²) in [4.78, 5) is 4.46. The van der Waals surface area contributed by atoms with Crippen LogP contribution in [0.25, 0.3) is 11.5 Å². The Labute approximate surface area is 132 Å². The minimum atomic E-state index is -0.441. The minimum Gasteiger partial charge on any atom is -0.396 e. The third-order valence-electron chi connectivity index (χ3n) is 3.96. The number of anilines is 1. The maximum absolute atomic E-state index is 6.03. The maximum Gasteiger partial charge on any atom is 0.258 e. The van der Waals surface area contributed by atoms with E-state index in [-0.39, 0.29) is 0 Å². The highest BCUT2D eigenvalue weighted by molar-refractivity contribution is 6.39. The standard InChI is InChI=1S/C14H15Cl2N3O2/c1-20-14(4-2-3-5-14)13-18-12(21-19-13)8-6-9(15)11(17)10(16)7-8/h6-7H,2-5,17H2,1H3. The van der Waals surface area contributed by atoms with E-state index in [2.05, 4.69) is 10.1 Å². The van der Waals surface area contributed by atoms with Crippen molar-refractivity contribution in [2.24, 2.45) is 0 Å². The summed E-state index contributed by atoms with van der Waals surface area (Å²) in [6.07, 6.45) is 3.98. The second-order valence-corrected chi connectivity index (χ2v) is 6.00. The number of methoxy groups -OCH3 is 1. The van der Waals surface area contributed by atoms with Crippen molar-refractivity contribution in [3.8, 4) is 11.5 Å². The normalized spacial score (nSPS) is 17.3. The highest BCUT2D eigenvalue weighted by Gasteiger charge is 2.40. The van der Waals surface area contributed by atoms with Crippen LogP contribution in [0.1, 0.15) is 31.5 Å². The molecular weight excluding hydrogens is 313 g/mol. The molecule has 0 unspecified atom stereocenters. The predicted molar refractivity (Wildman–Crippen MR) is 81.3 cm³/mol. The molecule has 1 fully saturated rings. The van der Waals surface area contributed by atoms with E-state index in [1.807, 2.05) is 0 Å². The molecule has 5 nitrogen and oxygen atoms in total. The van der Waals surface area contributed by atoms with E-state index >= 15 is 0 Å². The monoisotopic (exact) mass is 327 g/mol. The van der Waals surface area contributed by atoms with Crippen LogP contribution in [-0.4, -0.2) is 17.3 Å². The van der Waals surface area contributed by atoms with E-state index in [4.69, 9.17) is 38.2 Å². The van der Waals surface area contributed by atoms with Crippen molar-refractivity contribution in [2.45, 2.75) is 31.3 Å². The quantitative estimate of drug-likeness (QED) is 0.861. The lowest BCUT2D eigenvalue weighted by molar-refractivity contribution is -0.0178. The van der Waals surface area contributed by atoms with Crippen molar-refractivity contribution < 1.29 is 9.26 Å². The molecule has 112 valence electrons. The van der Waals surface area contributed by atoms with Crippen LogP contribution in [0.3, 0.4) is 0 Å². The Kier molecular flexibility index (Phi) is 3.82. The first-order chi connectivity index (χ1) is 10.1. The number of hydrogen-bond donors (Lipinski definition) is 1. The molecule has 1 aromatic heterocycles. The van der Waals surface area contributed by atoms with Gasteiger partial charge in [0.15, 0.2) is 0 Å². The van der Waals surface area contributed by atoms with Crippen molar-refractivity contribution >= 4 is 28.9 Å². The number of hydrogen-bond acceptors (Lipinski definition) is 5. The van der Waals surface area contributed by atoms with Gasteiger partial charge in [0.2, 0.25) is 5.82 Å². The highest BCUT2D eigenvalue weighted by Crippen LogP contribution is 2.41. The molecule has 21 heavy (non-hydrogen) atoms. The zero-order valence-corrected chi connectivity index (χ0v) is 13.0. The van der Waals surface area contributed by atoms with Crippen LogP contribution in [-0.2, 0) is 10.3 Å². The molecule has 1 heterocycles. The molecule has 0 aliphatic heterocycles. The maximum atomic E-state index is 6.03. The summed E-state index contributed by atoms with van der Waals surface area (Å²) in [5.74, 6) is 0.929. The summed E-state index contributed by atoms with van der Waals surface area (Å²) in [5.41, 5.74) is 6.26.